The van der Waals surface area contributed by atoms with Crippen LogP contribution in [0.1, 0.15) is 31.2 Å². The first-order valence-electron chi connectivity index (χ1n) is 19.9. The van der Waals surface area contributed by atoms with Crippen molar-refractivity contribution in [2.24, 2.45) is 5.92 Å². The summed E-state index contributed by atoms with van der Waals surface area (Å²) in [5, 5.41) is 7.59. The van der Waals surface area contributed by atoms with Crippen LogP contribution in [0.3, 0.4) is 0 Å². The van der Waals surface area contributed by atoms with Crippen LogP contribution in [-0.2, 0) is 0 Å². The van der Waals surface area contributed by atoms with E-state index >= 15 is 0 Å². The fourth-order valence-electron chi connectivity index (χ4n) is 9.80. The molecule has 2 atom stereocenters. The summed E-state index contributed by atoms with van der Waals surface area (Å²) in [6, 6.07) is 49.2. The van der Waals surface area contributed by atoms with Crippen LogP contribution in [0.5, 0.6) is 0 Å². The molecule has 0 amide bonds. The number of nitrogens with zero attached hydrogens (tertiary/aromatic N) is 2. The van der Waals surface area contributed by atoms with E-state index in [2.05, 4.69) is 180 Å². The van der Waals surface area contributed by atoms with Gasteiger partial charge in [0.15, 0.2) is 5.42 Å². The summed E-state index contributed by atoms with van der Waals surface area (Å²) in [6.45, 7) is 0. The van der Waals surface area contributed by atoms with Crippen LogP contribution in [0.2, 0.25) is 0 Å². The van der Waals surface area contributed by atoms with Gasteiger partial charge in [0.05, 0.1) is 11.7 Å². The third kappa shape index (κ3) is 4.89. The van der Waals surface area contributed by atoms with Crippen LogP contribution in [0.15, 0.2) is 180 Å². The maximum absolute atomic E-state index is 6.70. The maximum Gasteiger partial charge on any atom is 0.154 e. The second-order valence-electron chi connectivity index (χ2n) is 15.4. The summed E-state index contributed by atoms with van der Waals surface area (Å²) in [4.78, 5) is 5.07. The lowest BCUT2D eigenvalue weighted by Crippen LogP contribution is -2.33. The van der Waals surface area contributed by atoms with Crippen molar-refractivity contribution in [1.82, 2.24) is 0 Å². The van der Waals surface area contributed by atoms with Crippen LogP contribution in [0, 0.1) is 5.92 Å². The highest BCUT2D eigenvalue weighted by Crippen LogP contribution is 2.48. The highest BCUT2D eigenvalue weighted by atomic mass is 32.1. The molecular weight excluding hydrogens is 701 g/mol. The second-order valence-corrected chi connectivity index (χ2v) is 16.5. The third-order valence-electron chi connectivity index (χ3n) is 12.3. The van der Waals surface area contributed by atoms with Crippen molar-refractivity contribution in [3.05, 3.63) is 191 Å². The van der Waals surface area contributed by atoms with E-state index in [0.717, 1.165) is 48.1 Å². The fourth-order valence-corrected chi connectivity index (χ4v) is 10.9. The minimum absolute atomic E-state index is 0.221. The Bertz CT molecular complexity index is 3170. The minimum Gasteiger partial charge on any atom is -0.454 e. The zero-order chi connectivity index (χ0) is 36.7. The molecule has 0 radical (unpaired) electrons. The quantitative estimate of drug-likeness (QED) is 0.175. The van der Waals surface area contributed by atoms with E-state index in [1.54, 1.807) is 5.57 Å². The molecular formula is C52H38N2OS. The summed E-state index contributed by atoms with van der Waals surface area (Å²) < 4.78 is 9.31. The SMILES string of the molecule is C1=CC2=C(CC1)C1C=CC(c3ccc(N(C4=c5oc6ccccc6c5=CCC4)c4ccc5c(c4)sc4ccccc45)cc3)=CC1N2c1cccc2ccccc12. The number of hydrogen-bond donors (Lipinski definition) is 0. The molecule has 3 nitrogen and oxygen atoms in total. The summed E-state index contributed by atoms with van der Waals surface area (Å²) >= 11 is 1.87. The van der Waals surface area contributed by atoms with Gasteiger partial charge in [-0.3, -0.25) is 0 Å². The first-order chi connectivity index (χ1) is 27.8. The van der Waals surface area contributed by atoms with Crippen molar-refractivity contribution in [1.29, 1.82) is 0 Å². The molecule has 6 aromatic carbocycles. The average molecular weight is 739 g/mol. The molecule has 4 aliphatic rings. The Balaban J connectivity index is 0.976. The van der Waals surface area contributed by atoms with Gasteiger partial charge < -0.3 is 14.2 Å². The molecule has 268 valence electrons. The highest BCUT2D eigenvalue weighted by Gasteiger charge is 2.40. The molecule has 0 saturated carbocycles. The average Bonchev–Trinajstić information content (AvgIpc) is 3.93. The molecule has 0 saturated heterocycles. The predicted octanol–water partition coefficient (Wildman–Crippen LogP) is 12.5. The summed E-state index contributed by atoms with van der Waals surface area (Å²) in [5.74, 6) is 0.369. The lowest BCUT2D eigenvalue weighted by Gasteiger charge is -2.32. The topological polar surface area (TPSA) is 19.6 Å². The van der Waals surface area contributed by atoms with Gasteiger partial charge in [-0.05, 0) is 96.3 Å². The molecule has 0 bridgehead atoms. The van der Waals surface area contributed by atoms with Crippen LogP contribution in [0.4, 0.5) is 17.1 Å². The van der Waals surface area contributed by atoms with Crippen LogP contribution in [0.25, 0.3) is 59.3 Å². The Morgan fingerprint density at radius 2 is 1.45 bits per heavy atom. The molecule has 2 aromatic heterocycles. The number of thiophene rings is 1. The standard InChI is InChI=1S/C52H38N2OS/c1-2-13-38-34(11-1)12-9-19-45(38)54-46-18-6-3-14-39(46)40-29-25-35(31-48(40)54)33-23-26-36(27-24-33)53(37-28-30-43-42-16-5-8-22-50(42)56-51(43)32-37)47-20-10-17-44-41-15-4-7-21-49(41)55-52(44)47/h1-2,4-9,11-13,15-19,21-32,40,48H,3,10,14,20H2. The molecule has 0 fully saturated rings. The van der Waals surface area contributed by atoms with Gasteiger partial charge in [-0.15, -0.1) is 11.3 Å². The monoisotopic (exact) mass is 738 g/mol. The van der Waals surface area contributed by atoms with Crippen molar-refractivity contribution in [3.8, 4) is 0 Å². The van der Waals surface area contributed by atoms with Gasteiger partial charge in [-0.1, -0.05) is 121 Å². The molecule has 8 aromatic rings. The second kappa shape index (κ2) is 12.6. The van der Waals surface area contributed by atoms with Gasteiger partial charge >= 0.3 is 0 Å². The van der Waals surface area contributed by atoms with E-state index in [9.17, 15) is 0 Å². The molecule has 3 aliphatic carbocycles. The van der Waals surface area contributed by atoms with E-state index in [-0.39, 0.29) is 6.04 Å². The fraction of sp³-hybridized carbons (Fsp3) is 0.115. The van der Waals surface area contributed by atoms with Crippen molar-refractivity contribution in [3.63, 3.8) is 0 Å². The maximum atomic E-state index is 6.70. The third-order valence-corrected chi connectivity index (χ3v) is 13.5. The number of rotatable bonds is 5. The lowest BCUT2D eigenvalue weighted by molar-refractivity contribution is 0.566. The van der Waals surface area contributed by atoms with E-state index in [1.807, 2.05) is 11.3 Å². The number of benzene rings is 6. The van der Waals surface area contributed by atoms with Gasteiger partial charge in [0.1, 0.15) is 5.58 Å². The Kier molecular flexibility index (Phi) is 7.18. The number of anilines is 3. The molecule has 1 aliphatic heterocycles. The molecule has 3 heterocycles. The lowest BCUT2D eigenvalue weighted by atomic mass is 9.84. The molecule has 12 rings (SSSR count). The van der Waals surface area contributed by atoms with E-state index in [0.29, 0.717) is 5.92 Å². The van der Waals surface area contributed by atoms with Crippen LogP contribution in [-0.4, -0.2) is 6.04 Å². The number of para-hydroxylation sites is 1. The molecule has 0 spiro atoms. The number of furan rings is 1. The largest absolute Gasteiger partial charge is 0.454 e. The minimum atomic E-state index is 0.221. The summed E-state index contributed by atoms with van der Waals surface area (Å²) in [7, 11) is 0. The van der Waals surface area contributed by atoms with Crippen LogP contribution < -0.4 is 20.4 Å². The Hall–Kier alpha value is -6.36. The smallest absolute Gasteiger partial charge is 0.154 e. The Morgan fingerprint density at radius 3 is 2.38 bits per heavy atom. The van der Waals surface area contributed by atoms with Gasteiger partial charge in [0.25, 0.3) is 0 Å². The normalized spacial score (nSPS) is 18.8. The molecule has 0 N–H and O–H groups in total. The summed E-state index contributed by atoms with van der Waals surface area (Å²) in [6.07, 6.45) is 18.5. The zero-order valence-corrected chi connectivity index (χ0v) is 31.7. The first-order valence-corrected chi connectivity index (χ1v) is 20.7. The zero-order valence-electron chi connectivity index (χ0n) is 30.9. The van der Waals surface area contributed by atoms with E-state index in [4.69, 9.17) is 4.42 Å². The van der Waals surface area contributed by atoms with Crippen LogP contribution >= 0.6 is 11.3 Å². The first kappa shape index (κ1) is 31.9. The Morgan fingerprint density at radius 1 is 0.661 bits per heavy atom. The van der Waals surface area contributed by atoms with Crippen molar-refractivity contribution >= 4 is 87.7 Å². The molecule has 56 heavy (non-hydrogen) atoms. The summed E-state index contributed by atoms with van der Waals surface area (Å²) in [5.41, 5.74) is 12.1. The number of allylic oxidation sites excluding steroid dienone is 4. The van der Waals surface area contributed by atoms with Gasteiger partial charge in [-0.2, -0.15) is 0 Å². The van der Waals surface area contributed by atoms with Crippen molar-refractivity contribution in [2.75, 3.05) is 9.80 Å². The predicted molar refractivity (Wildman–Crippen MR) is 237 cm³/mol. The van der Waals surface area contributed by atoms with Crippen molar-refractivity contribution in [2.45, 2.75) is 31.7 Å². The Labute approximate surface area is 329 Å². The van der Waals surface area contributed by atoms with E-state index in [1.165, 1.54) is 69.8 Å². The van der Waals surface area contributed by atoms with Gasteiger partial charge in [0, 0.05) is 64.8 Å². The van der Waals surface area contributed by atoms with E-state index < -0.39 is 0 Å². The highest BCUT2D eigenvalue weighted by molar-refractivity contribution is 7.25. The van der Waals surface area contributed by atoms with Gasteiger partial charge in [-0.25, -0.2) is 0 Å². The van der Waals surface area contributed by atoms with Crippen molar-refractivity contribution < 1.29 is 4.42 Å². The number of fused-ring (bicyclic) bond motifs is 9. The molecule has 2 unspecified atom stereocenters. The van der Waals surface area contributed by atoms with Gasteiger partial charge in [0.2, 0.25) is 0 Å². The molecule has 4 heteroatoms. The number of hydrogen-bond acceptors (Lipinski definition) is 4.